The van der Waals surface area contributed by atoms with Crippen molar-refractivity contribution in [3.05, 3.63) is 36.4 Å². The smallest absolute Gasteiger partial charge is 0.283 e. The molecule has 0 unspecified atom stereocenters. The molecule has 4 nitrogen and oxygen atoms in total. The molecular weight excluding hydrogens is 400 g/mol. The molecule has 80 valence electrons. The van der Waals surface area contributed by atoms with Gasteiger partial charge in [-0.15, -0.1) is 0 Å². The highest BCUT2D eigenvalue weighted by Crippen LogP contribution is 2.30. The van der Waals surface area contributed by atoms with Crippen LogP contribution in [0.15, 0.2) is 12.1 Å². The average molecular weight is 404 g/mol. The van der Waals surface area contributed by atoms with Crippen LogP contribution in [0.4, 0.5) is 5.69 Å². The lowest BCUT2D eigenvalue weighted by Gasteiger charge is -2.04. The Labute approximate surface area is 112 Å². The average Bonchev–Trinajstić information content (AvgIpc) is 2.16. The second kappa shape index (κ2) is 5.22. The van der Waals surface area contributed by atoms with Crippen LogP contribution < -0.4 is 0 Å². The number of alkyl halides is 1. The molecule has 1 aromatic carbocycles. The highest BCUT2D eigenvalue weighted by atomic mass is 127. The summed E-state index contributed by atoms with van der Waals surface area (Å²) in [5.41, 5.74) is 0.0904. The Morgan fingerprint density at radius 3 is 2.67 bits per heavy atom. The van der Waals surface area contributed by atoms with Gasteiger partial charge in [0.2, 0.25) is 0 Å². The first-order chi connectivity index (χ1) is 6.99. The number of nitrogens with zero attached hydrogens (tertiary/aromatic N) is 1. The van der Waals surface area contributed by atoms with Gasteiger partial charge in [0.25, 0.3) is 5.69 Å². The molecule has 0 aliphatic rings. The van der Waals surface area contributed by atoms with E-state index >= 15 is 0 Å². The second-order valence-corrected chi connectivity index (χ2v) is 4.62. The number of nitro groups is 1. The number of hydrogen-bond acceptors (Lipinski definition) is 3. The van der Waals surface area contributed by atoms with Crippen molar-refractivity contribution in [3.8, 4) is 0 Å². The number of rotatable bonds is 3. The second-order valence-electron chi connectivity index (χ2n) is 2.57. The zero-order valence-electron chi connectivity index (χ0n) is 7.17. The lowest BCUT2D eigenvalue weighted by atomic mass is 10.1. The SMILES string of the molecule is O=C(CBr)c1c(Cl)ccc([N+](=O)[O-])c1I. The predicted molar refractivity (Wildman–Crippen MR) is 68.9 cm³/mol. The maximum atomic E-state index is 11.5. The van der Waals surface area contributed by atoms with E-state index in [9.17, 15) is 14.9 Å². The van der Waals surface area contributed by atoms with E-state index in [1.807, 2.05) is 0 Å². The normalized spacial score (nSPS) is 10.1. The number of ketones is 1. The lowest BCUT2D eigenvalue weighted by molar-refractivity contribution is -0.385. The molecule has 0 aliphatic carbocycles. The van der Waals surface area contributed by atoms with Crippen LogP contribution >= 0.6 is 50.1 Å². The van der Waals surface area contributed by atoms with Crippen molar-refractivity contribution < 1.29 is 9.72 Å². The van der Waals surface area contributed by atoms with Crippen LogP contribution in [0.25, 0.3) is 0 Å². The monoisotopic (exact) mass is 403 g/mol. The molecule has 1 aromatic rings. The molecule has 0 bridgehead atoms. The van der Waals surface area contributed by atoms with Gasteiger partial charge in [-0.05, 0) is 28.7 Å². The Bertz CT molecular complexity index is 438. The molecule has 0 atom stereocenters. The van der Waals surface area contributed by atoms with Crippen LogP contribution in [0.3, 0.4) is 0 Å². The number of carbonyl (C=O) groups is 1. The minimum atomic E-state index is -0.539. The number of hydrogen-bond donors (Lipinski definition) is 0. The van der Waals surface area contributed by atoms with E-state index in [2.05, 4.69) is 15.9 Å². The first-order valence-electron chi connectivity index (χ1n) is 3.70. The van der Waals surface area contributed by atoms with Crippen molar-refractivity contribution in [2.24, 2.45) is 0 Å². The van der Waals surface area contributed by atoms with Gasteiger partial charge in [-0.2, -0.15) is 0 Å². The largest absolute Gasteiger partial charge is 0.293 e. The Balaban J connectivity index is 3.43. The zero-order chi connectivity index (χ0) is 11.6. The Morgan fingerprint density at radius 2 is 2.20 bits per heavy atom. The summed E-state index contributed by atoms with van der Waals surface area (Å²) in [5, 5.41) is 10.9. The Hall–Kier alpha value is -0.210. The number of carbonyl (C=O) groups excluding carboxylic acids is 1. The van der Waals surface area contributed by atoms with Crippen molar-refractivity contribution in [1.29, 1.82) is 0 Å². The van der Waals surface area contributed by atoms with Crippen LogP contribution in [0, 0.1) is 13.7 Å². The van der Waals surface area contributed by atoms with E-state index in [0.717, 1.165) is 0 Å². The van der Waals surface area contributed by atoms with Crippen molar-refractivity contribution in [1.82, 2.24) is 0 Å². The standard InChI is InChI=1S/C8H4BrClINO3/c9-3-6(13)7-4(10)1-2-5(8(7)11)12(14)15/h1-2H,3H2. The maximum Gasteiger partial charge on any atom is 0.283 e. The summed E-state index contributed by atoms with van der Waals surface area (Å²) in [6.45, 7) is 0. The zero-order valence-corrected chi connectivity index (χ0v) is 11.7. The molecule has 0 N–H and O–H groups in total. The van der Waals surface area contributed by atoms with Gasteiger partial charge >= 0.3 is 0 Å². The van der Waals surface area contributed by atoms with Crippen LogP contribution in [0.2, 0.25) is 5.02 Å². The first kappa shape index (κ1) is 12.9. The van der Waals surface area contributed by atoms with E-state index in [1.54, 1.807) is 22.6 Å². The maximum absolute atomic E-state index is 11.5. The van der Waals surface area contributed by atoms with Crippen LogP contribution in [-0.2, 0) is 0 Å². The van der Waals surface area contributed by atoms with Gasteiger partial charge < -0.3 is 0 Å². The lowest BCUT2D eigenvalue weighted by Crippen LogP contribution is -2.06. The molecule has 0 aliphatic heterocycles. The molecule has 15 heavy (non-hydrogen) atoms. The summed E-state index contributed by atoms with van der Waals surface area (Å²) in [5.74, 6) is -0.270. The van der Waals surface area contributed by atoms with Gasteiger partial charge in [0.15, 0.2) is 5.78 Å². The molecular formula is C8H4BrClINO3. The Morgan fingerprint density at radius 1 is 1.60 bits per heavy atom. The minimum absolute atomic E-state index is 0.0872. The highest BCUT2D eigenvalue weighted by molar-refractivity contribution is 14.1. The third kappa shape index (κ3) is 2.67. The highest BCUT2D eigenvalue weighted by Gasteiger charge is 2.21. The summed E-state index contributed by atoms with van der Waals surface area (Å²) in [6.07, 6.45) is 0. The van der Waals surface area contributed by atoms with E-state index < -0.39 is 4.92 Å². The molecule has 0 fully saturated rings. The number of benzene rings is 1. The molecule has 0 spiro atoms. The number of halogens is 3. The van der Waals surface area contributed by atoms with Gasteiger partial charge in [-0.3, -0.25) is 14.9 Å². The Kier molecular flexibility index (Phi) is 4.47. The molecule has 0 saturated heterocycles. The fourth-order valence-electron chi connectivity index (χ4n) is 1.00. The topological polar surface area (TPSA) is 60.2 Å². The number of Topliss-reactive ketones (excluding diaryl/α,β-unsaturated/α-hetero) is 1. The van der Waals surface area contributed by atoms with E-state index in [4.69, 9.17) is 11.6 Å². The van der Waals surface area contributed by atoms with Gasteiger partial charge in [0.1, 0.15) is 3.57 Å². The molecule has 0 heterocycles. The van der Waals surface area contributed by atoms with Crippen LogP contribution in [0.5, 0.6) is 0 Å². The van der Waals surface area contributed by atoms with Crippen LogP contribution in [-0.4, -0.2) is 16.0 Å². The third-order valence-corrected chi connectivity index (χ3v) is 3.58. The summed E-state index contributed by atoms with van der Waals surface area (Å²) < 4.78 is 0.273. The van der Waals surface area contributed by atoms with E-state index in [1.165, 1.54) is 12.1 Å². The van der Waals surface area contributed by atoms with Gasteiger partial charge in [0.05, 0.1) is 20.8 Å². The van der Waals surface area contributed by atoms with Crippen molar-refractivity contribution in [2.75, 3.05) is 5.33 Å². The molecule has 0 aromatic heterocycles. The van der Waals surface area contributed by atoms with Gasteiger partial charge in [-0.25, -0.2) is 0 Å². The number of nitro benzene ring substituents is 1. The fraction of sp³-hybridized carbons (Fsp3) is 0.125. The van der Waals surface area contributed by atoms with Crippen LogP contribution in [0.1, 0.15) is 10.4 Å². The first-order valence-corrected chi connectivity index (χ1v) is 6.28. The summed E-state index contributed by atoms with van der Waals surface area (Å²) in [6, 6.07) is 2.65. The molecule has 1 rings (SSSR count). The summed E-state index contributed by atoms with van der Waals surface area (Å²) in [7, 11) is 0. The molecule has 0 saturated carbocycles. The van der Waals surface area contributed by atoms with Gasteiger partial charge in [-0.1, -0.05) is 27.5 Å². The molecule has 0 amide bonds. The van der Waals surface area contributed by atoms with E-state index in [-0.39, 0.29) is 31.0 Å². The van der Waals surface area contributed by atoms with E-state index in [0.29, 0.717) is 0 Å². The molecule has 7 heteroatoms. The fourth-order valence-corrected chi connectivity index (χ4v) is 2.68. The van der Waals surface area contributed by atoms with Crippen molar-refractivity contribution in [3.63, 3.8) is 0 Å². The molecule has 0 radical (unpaired) electrons. The quantitative estimate of drug-likeness (QED) is 0.255. The third-order valence-electron chi connectivity index (χ3n) is 1.67. The van der Waals surface area contributed by atoms with Gasteiger partial charge in [0, 0.05) is 6.07 Å². The minimum Gasteiger partial charge on any atom is -0.293 e. The predicted octanol–water partition coefficient (Wildman–Crippen LogP) is 3.43. The van der Waals surface area contributed by atoms with Crippen molar-refractivity contribution in [2.45, 2.75) is 0 Å². The van der Waals surface area contributed by atoms with Crippen molar-refractivity contribution >= 4 is 61.6 Å². The summed E-state index contributed by atoms with van der Waals surface area (Å²) >= 11 is 10.6. The summed E-state index contributed by atoms with van der Waals surface area (Å²) in [4.78, 5) is 21.6.